The van der Waals surface area contributed by atoms with Gasteiger partial charge in [0.05, 0.1) is 35.1 Å². The van der Waals surface area contributed by atoms with Crippen LogP contribution in [0, 0.1) is 11.3 Å². The highest BCUT2D eigenvalue weighted by molar-refractivity contribution is 7.90. The van der Waals surface area contributed by atoms with Gasteiger partial charge in [0.1, 0.15) is 11.1 Å². The number of aliphatic carboxylic acids is 1. The summed E-state index contributed by atoms with van der Waals surface area (Å²) in [6.45, 7) is 0. The zero-order valence-electron chi connectivity index (χ0n) is 19.0. The number of nitrogens with zero attached hydrogens (tertiary/aromatic N) is 2. The van der Waals surface area contributed by atoms with Crippen molar-refractivity contribution in [3.8, 4) is 6.07 Å². The molecule has 16 heteroatoms. The van der Waals surface area contributed by atoms with Crippen molar-refractivity contribution in [1.82, 2.24) is 20.0 Å². The second-order valence-electron chi connectivity index (χ2n) is 7.94. The number of H-pyrrole nitrogens is 1. The molecular formula is C22H18F3N5O7S. The molecule has 0 radical (unpaired) electrons. The number of nitrogens with one attached hydrogen (secondary N) is 3. The predicted octanol–water partition coefficient (Wildman–Crippen LogP) is 2.51. The number of carboxylic acids is 1. The molecule has 3 aromatic rings. The average molecular weight is 553 g/mol. The number of sulfonamides is 1. The maximum atomic E-state index is 12.2. The Hall–Kier alpha value is -4.65. The molecule has 0 aliphatic carbocycles. The lowest BCUT2D eigenvalue weighted by Crippen LogP contribution is -2.29. The van der Waals surface area contributed by atoms with Gasteiger partial charge in [-0.25, -0.2) is 23.0 Å². The van der Waals surface area contributed by atoms with Crippen molar-refractivity contribution in [2.24, 2.45) is 0 Å². The van der Waals surface area contributed by atoms with E-state index < -0.39 is 45.5 Å². The number of hydrogen-bond acceptors (Lipinski definition) is 7. The first-order valence-corrected chi connectivity index (χ1v) is 12.1. The fraction of sp³-hybridized carbons (Fsp3) is 0.227. The van der Waals surface area contributed by atoms with Gasteiger partial charge in [-0.3, -0.25) is 9.52 Å². The zero-order chi connectivity index (χ0) is 28.3. The molecule has 2 amide bonds. The van der Waals surface area contributed by atoms with Gasteiger partial charge < -0.3 is 20.5 Å². The lowest BCUT2D eigenvalue weighted by atomic mass is 9.97. The third-order valence-electron chi connectivity index (χ3n) is 5.30. The highest BCUT2D eigenvalue weighted by atomic mass is 32.2. The van der Waals surface area contributed by atoms with Gasteiger partial charge in [-0.05, 0) is 29.3 Å². The molecule has 1 aliphatic heterocycles. The van der Waals surface area contributed by atoms with Crippen LogP contribution >= 0.6 is 0 Å². The molecule has 1 saturated heterocycles. The Labute approximate surface area is 212 Å². The van der Waals surface area contributed by atoms with Gasteiger partial charge in [-0.2, -0.15) is 18.4 Å². The summed E-state index contributed by atoms with van der Waals surface area (Å²) in [7, 11) is -3.89. The molecule has 5 N–H and O–H groups in total. The minimum Gasteiger partial charge on any atom is -0.475 e. The first-order valence-electron chi connectivity index (χ1n) is 10.5. The predicted molar refractivity (Wildman–Crippen MR) is 123 cm³/mol. The fourth-order valence-electron chi connectivity index (χ4n) is 3.67. The summed E-state index contributed by atoms with van der Waals surface area (Å²) in [5.74, 6) is -2.96. The van der Waals surface area contributed by atoms with Crippen LogP contribution < -0.4 is 10.0 Å². The Morgan fingerprint density at radius 2 is 1.87 bits per heavy atom. The van der Waals surface area contributed by atoms with E-state index in [1.807, 2.05) is 29.0 Å². The van der Waals surface area contributed by atoms with Crippen molar-refractivity contribution in [2.75, 3.05) is 0 Å². The third kappa shape index (κ3) is 6.56. The molecular weight excluding hydrogens is 535 g/mol. The van der Waals surface area contributed by atoms with Gasteiger partial charge in [0.2, 0.25) is 15.9 Å². The van der Waals surface area contributed by atoms with Gasteiger partial charge in [0.15, 0.2) is 0 Å². The molecule has 4 rings (SSSR count). The molecule has 38 heavy (non-hydrogen) atoms. The number of aromatic amines is 1. The maximum Gasteiger partial charge on any atom is 0.490 e. The number of aromatic nitrogens is 2. The Balaban J connectivity index is 0.000000505. The number of halogens is 3. The number of hydrogen-bond donors (Lipinski definition) is 5. The van der Waals surface area contributed by atoms with Crippen molar-refractivity contribution in [1.29, 1.82) is 5.26 Å². The van der Waals surface area contributed by atoms with Crippen LogP contribution in [0.2, 0.25) is 0 Å². The Morgan fingerprint density at radius 1 is 1.21 bits per heavy atom. The number of para-hydroxylation sites is 2. The number of imidazole rings is 1. The van der Waals surface area contributed by atoms with Crippen LogP contribution in [0.4, 0.5) is 18.0 Å². The van der Waals surface area contributed by atoms with Crippen LogP contribution in [-0.4, -0.2) is 52.7 Å². The largest absolute Gasteiger partial charge is 0.490 e. The highest BCUT2D eigenvalue weighted by Crippen LogP contribution is 2.33. The number of nitriles is 1. The topological polar surface area (TPSA) is 202 Å². The second-order valence-corrected chi connectivity index (χ2v) is 9.81. The van der Waals surface area contributed by atoms with E-state index in [1.165, 1.54) is 12.1 Å². The lowest BCUT2D eigenvalue weighted by molar-refractivity contribution is -0.192. The number of rotatable bonds is 5. The Morgan fingerprint density at radius 3 is 2.39 bits per heavy atom. The van der Waals surface area contributed by atoms with Crippen LogP contribution in [0.1, 0.15) is 40.2 Å². The van der Waals surface area contributed by atoms with Crippen LogP contribution in [-0.2, 0) is 26.0 Å². The number of alkyl halides is 3. The van der Waals surface area contributed by atoms with Crippen molar-refractivity contribution in [3.63, 3.8) is 0 Å². The highest BCUT2D eigenvalue weighted by Gasteiger charge is 2.39. The van der Waals surface area contributed by atoms with E-state index >= 15 is 0 Å². The molecule has 1 aromatic heterocycles. The lowest BCUT2D eigenvalue weighted by Gasteiger charge is -2.16. The van der Waals surface area contributed by atoms with E-state index in [0.717, 1.165) is 5.52 Å². The van der Waals surface area contributed by atoms with E-state index in [2.05, 4.69) is 15.3 Å². The molecule has 0 bridgehead atoms. The molecule has 0 saturated carbocycles. The molecule has 0 spiro atoms. The van der Waals surface area contributed by atoms with E-state index in [-0.39, 0.29) is 24.0 Å². The number of carbonyl (C=O) groups excluding carboxylic acids is 1. The summed E-state index contributed by atoms with van der Waals surface area (Å²) in [5, 5.41) is 27.2. The van der Waals surface area contributed by atoms with E-state index in [0.29, 0.717) is 16.9 Å². The summed E-state index contributed by atoms with van der Waals surface area (Å²) < 4.78 is 58.0. The molecule has 2 heterocycles. The Kier molecular flexibility index (Phi) is 7.91. The van der Waals surface area contributed by atoms with Crippen LogP contribution in [0.15, 0.2) is 42.5 Å². The third-order valence-corrected chi connectivity index (χ3v) is 6.99. The van der Waals surface area contributed by atoms with Crippen molar-refractivity contribution >= 4 is 39.0 Å². The van der Waals surface area contributed by atoms with Crippen molar-refractivity contribution < 1.29 is 46.2 Å². The molecule has 2 aromatic carbocycles. The van der Waals surface area contributed by atoms with Gasteiger partial charge in [-0.1, -0.05) is 24.3 Å². The summed E-state index contributed by atoms with van der Waals surface area (Å²) >= 11 is 0. The van der Waals surface area contributed by atoms with E-state index in [9.17, 15) is 41.5 Å². The quantitative estimate of drug-likeness (QED) is 0.315. The summed E-state index contributed by atoms with van der Waals surface area (Å²) in [4.78, 5) is 39.3. The van der Waals surface area contributed by atoms with Gasteiger partial charge in [0.25, 0.3) is 0 Å². The minimum absolute atomic E-state index is 0.112. The molecule has 1 unspecified atom stereocenters. The number of benzene rings is 2. The smallest absolute Gasteiger partial charge is 0.475 e. The fourth-order valence-corrected chi connectivity index (χ4v) is 5.13. The standard InChI is InChI=1S/C20H17N5O5S.C2HF3O2/c21-10-12-7-11(5-6-13(12)17-9-18(26)25-31(17,29)30)8-16(24-20(27)28)19-22-14-3-1-2-4-15(14)23-19;3-2(4,5)1(6)7/h1-7,16-17,24H,8-9H2,(H,22,23)(H,25,26)(H,27,28);(H,6,7)/t16-,17?;/m0./s1. The average Bonchev–Trinajstić information content (AvgIpc) is 3.37. The second kappa shape index (κ2) is 10.8. The Bertz CT molecular complexity index is 1510. The van der Waals surface area contributed by atoms with Crippen LogP contribution in [0.3, 0.4) is 0 Å². The summed E-state index contributed by atoms with van der Waals surface area (Å²) in [6, 6.07) is 13.1. The van der Waals surface area contributed by atoms with Crippen LogP contribution in [0.5, 0.6) is 0 Å². The van der Waals surface area contributed by atoms with E-state index in [1.54, 1.807) is 12.1 Å². The van der Waals surface area contributed by atoms with E-state index in [4.69, 9.17) is 9.90 Å². The number of carboxylic acid groups (broad SMARTS) is 2. The summed E-state index contributed by atoms with van der Waals surface area (Å²) in [6.07, 6.45) is -6.39. The minimum atomic E-state index is -5.08. The van der Waals surface area contributed by atoms with Crippen molar-refractivity contribution in [2.45, 2.75) is 30.3 Å². The number of carbonyl (C=O) groups is 3. The van der Waals surface area contributed by atoms with Crippen LogP contribution in [0.25, 0.3) is 11.0 Å². The zero-order valence-corrected chi connectivity index (χ0v) is 19.8. The SMILES string of the molecule is N#Cc1cc(C[C@H](NC(=O)O)c2nc3ccccc3[nH]2)ccc1C1CC(=O)NS1(=O)=O.O=C(O)C(F)(F)F. The van der Waals surface area contributed by atoms with Crippen molar-refractivity contribution in [3.05, 3.63) is 65.0 Å². The first kappa shape index (κ1) is 27.9. The molecule has 12 nitrogen and oxygen atoms in total. The van der Waals surface area contributed by atoms with Gasteiger partial charge >= 0.3 is 18.2 Å². The van der Waals surface area contributed by atoms with Gasteiger partial charge in [-0.15, -0.1) is 0 Å². The first-order chi connectivity index (χ1) is 17.7. The number of fused-ring (bicyclic) bond motifs is 1. The molecule has 1 fully saturated rings. The molecule has 2 atom stereocenters. The summed E-state index contributed by atoms with van der Waals surface area (Å²) in [5.41, 5.74) is 2.39. The molecule has 1 aliphatic rings. The monoisotopic (exact) mass is 553 g/mol. The van der Waals surface area contributed by atoms with Gasteiger partial charge in [0, 0.05) is 6.42 Å². The number of amides is 2. The maximum absolute atomic E-state index is 12.2. The molecule has 200 valence electrons. The normalized spacial score (nSPS) is 17.0.